The first-order valence-corrected chi connectivity index (χ1v) is 8.49. The number of aliphatic hydroxyl groups is 1. The zero-order valence-corrected chi connectivity index (χ0v) is 13.7. The third-order valence-corrected chi connectivity index (χ3v) is 4.84. The molecule has 1 unspecified atom stereocenters. The zero-order chi connectivity index (χ0) is 15.3. The Labute approximate surface area is 130 Å². The number of hydrogen-bond acceptors (Lipinski definition) is 5. The van der Waals surface area contributed by atoms with E-state index in [4.69, 9.17) is 0 Å². The SMILES string of the molecule is CCC(C)(O)CC(=O)N1CCCN(Cc2nccs2)CC1. The summed E-state index contributed by atoms with van der Waals surface area (Å²) in [5, 5.41) is 13.2. The maximum absolute atomic E-state index is 12.3. The van der Waals surface area contributed by atoms with Gasteiger partial charge in [0.05, 0.1) is 18.6 Å². The van der Waals surface area contributed by atoms with Crippen LogP contribution in [0.25, 0.3) is 0 Å². The molecule has 1 N–H and O–H groups in total. The van der Waals surface area contributed by atoms with Gasteiger partial charge in [-0.25, -0.2) is 4.98 Å². The predicted octanol–water partition coefficient (Wildman–Crippen LogP) is 1.73. The summed E-state index contributed by atoms with van der Waals surface area (Å²) in [4.78, 5) is 20.9. The molecule has 5 nitrogen and oxygen atoms in total. The van der Waals surface area contributed by atoms with Crippen molar-refractivity contribution in [3.63, 3.8) is 0 Å². The second kappa shape index (κ2) is 7.33. The van der Waals surface area contributed by atoms with Crippen molar-refractivity contribution in [2.24, 2.45) is 0 Å². The van der Waals surface area contributed by atoms with E-state index in [-0.39, 0.29) is 12.3 Å². The van der Waals surface area contributed by atoms with Crippen molar-refractivity contribution in [3.8, 4) is 0 Å². The smallest absolute Gasteiger partial charge is 0.225 e. The molecule has 1 fully saturated rings. The number of carbonyl (C=O) groups excluding carboxylic acids is 1. The molecule has 1 atom stereocenters. The van der Waals surface area contributed by atoms with Crippen LogP contribution in [0.4, 0.5) is 0 Å². The van der Waals surface area contributed by atoms with Crippen molar-refractivity contribution in [2.75, 3.05) is 26.2 Å². The Morgan fingerprint density at radius 1 is 1.43 bits per heavy atom. The molecule has 6 heteroatoms. The van der Waals surface area contributed by atoms with Crippen molar-refractivity contribution in [3.05, 3.63) is 16.6 Å². The van der Waals surface area contributed by atoms with Gasteiger partial charge in [0.2, 0.25) is 5.91 Å². The summed E-state index contributed by atoms with van der Waals surface area (Å²) in [6.45, 7) is 7.90. The first-order chi connectivity index (χ1) is 10.00. The van der Waals surface area contributed by atoms with Crippen molar-refractivity contribution >= 4 is 17.2 Å². The molecular weight excluding hydrogens is 286 g/mol. The second-order valence-electron chi connectivity index (χ2n) is 5.96. The summed E-state index contributed by atoms with van der Waals surface area (Å²) >= 11 is 1.67. The fraction of sp³-hybridized carbons (Fsp3) is 0.733. The third kappa shape index (κ3) is 5.05. The highest BCUT2D eigenvalue weighted by molar-refractivity contribution is 7.09. The van der Waals surface area contributed by atoms with E-state index in [0.717, 1.165) is 44.2 Å². The number of rotatable bonds is 5. The lowest BCUT2D eigenvalue weighted by atomic mass is 9.98. The molecule has 2 rings (SSSR count). The average Bonchev–Trinajstić information content (AvgIpc) is 2.83. The van der Waals surface area contributed by atoms with Gasteiger partial charge in [-0.3, -0.25) is 9.69 Å². The number of nitrogens with zero attached hydrogens (tertiary/aromatic N) is 3. The second-order valence-corrected chi connectivity index (χ2v) is 6.94. The minimum atomic E-state index is -0.885. The van der Waals surface area contributed by atoms with Crippen molar-refractivity contribution < 1.29 is 9.90 Å². The van der Waals surface area contributed by atoms with E-state index in [1.165, 1.54) is 0 Å². The van der Waals surface area contributed by atoms with Gasteiger partial charge in [-0.05, 0) is 19.8 Å². The van der Waals surface area contributed by atoms with Crippen molar-refractivity contribution in [1.29, 1.82) is 0 Å². The lowest BCUT2D eigenvalue weighted by Gasteiger charge is -2.26. The Balaban J connectivity index is 1.84. The topological polar surface area (TPSA) is 56.7 Å². The average molecular weight is 311 g/mol. The molecule has 0 aliphatic carbocycles. The Bertz CT molecular complexity index is 448. The fourth-order valence-electron chi connectivity index (χ4n) is 2.46. The van der Waals surface area contributed by atoms with Gasteiger partial charge in [-0.15, -0.1) is 11.3 Å². The summed E-state index contributed by atoms with van der Waals surface area (Å²) in [5.74, 6) is 0.0675. The summed E-state index contributed by atoms with van der Waals surface area (Å²) < 4.78 is 0. The van der Waals surface area contributed by atoms with E-state index in [9.17, 15) is 9.90 Å². The summed E-state index contributed by atoms with van der Waals surface area (Å²) in [5.41, 5.74) is -0.885. The predicted molar refractivity (Wildman–Crippen MR) is 84.1 cm³/mol. The highest BCUT2D eigenvalue weighted by atomic mass is 32.1. The van der Waals surface area contributed by atoms with Gasteiger partial charge in [0.25, 0.3) is 0 Å². The zero-order valence-electron chi connectivity index (χ0n) is 12.9. The molecule has 21 heavy (non-hydrogen) atoms. The van der Waals surface area contributed by atoms with Crippen LogP contribution in [-0.4, -0.2) is 57.6 Å². The standard InChI is InChI=1S/C15H25N3O2S/c1-3-15(2,20)11-14(19)18-7-4-6-17(8-9-18)12-13-16-5-10-21-13/h5,10,20H,3-4,6-9,11-12H2,1-2H3. The molecule has 1 aromatic heterocycles. The number of aromatic nitrogens is 1. The molecule has 2 heterocycles. The van der Waals surface area contributed by atoms with E-state index >= 15 is 0 Å². The number of hydrogen-bond donors (Lipinski definition) is 1. The Morgan fingerprint density at radius 2 is 2.24 bits per heavy atom. The van der Waals surface area contributed by atoms with Crippen LogP contribution in [0.1, 0.15) is 38.1 Å². The number of carbonyl (C=O) groups is 1. The van der Waals surface area contributed by atoms with Crippen molar-refractivity contribution in [1.82, 2.24) is 14.8 Å². The van der Waals surface area contributed by atoms with E-state index in [0.29, 0.717) is 6.42 Å². The Morgan fingerprint density at radius 3 is 2.90 bits per heavy atom. The molecule has 0 radical (unpaired) electrons. The molecular formula is C15H25N3O2S. The molecule has 1 aromatic rings. The van der Waals surface area contributed by atoms with E-state index in [1.54, 1.807) is 18.3 Å². The van der Waals surface area contributed by atoms with E-state index in [1.807, 2.05) is 23.4 Å². The highest BCUT2D eigenvalue weighted by Crippen LogP contribution is 2.17. The first-order valence-electron chi connectivity index (χ1n) is 7.61. The van der Waals surface area contributed by atoms with Gasteiger partial charge in [0.15, 0.2) is 0 Å². The third-order valence-electron chi connectivity index (χ3n) is 4.08. The monoisotopic (exact) mass is 311 g/mol. The van der Waals surface area contributed by atoms with Crippen LogP contribution in [0.15, 0.2) is 11.6 Å². The van der Waals surface area contributed by atoms with Crippen molar-refractivity contribution in [2.45, 2.75) is 45.3 Å². The molecule has 0 spiro atoms. The molecule has 1 aliphatic heterocycles. The maximum atomic E-state index is 12.3. The summed E-state index contributed by atoms with van der Waals surface area (Å²) in [6, 6.07) is 0. The fourth-order valence-corrected chi connectivity index (χ4v) is 3.12. The van der Waals surface area contributed by atoms with E-state index in [2.05, 4.69) is 9.88 Å². The largest absolute Gasteiger partial charge is 0.390 e. The van der Waals surface area contributed by atoms with Gasteiger partial charge in [-0.2, -0.15) is 0 Å². The van der Waals surface area contributed by atoms with Crippen LogP contribution >= 0.6 is 11.3 Å². The van der Waals surface area contributed by atoms with Crippen LogP contribution in [0.2, 0.25) is 0 Å². The lowest BCUT2D eigenvalue weighted by molar-refractivity contribution is -0.135. The molecule has 0 bridgehead atoms. The summed E-state index contributed by atoms with van der Waals surface area (Å²) in [7, 11) is 0. The first kappa shape index (κ1) is 16.4. The van der Waals surface area contributed by atoms with Gasteiger partial charge in [-0.1, -0.05) is 6.92 Å². The summed E-state index contributed by atoms with van der Waals surface area (Å²) in [6.07, 6.45) is 3.63. The number of amides is 1. The van der Waals surface area contributed by atoms with Crippen LogP contribution in [0.5, 0.6) is 0 Å². The van der Waals surface area contributed by atoms with Crippen LogP contribution in [0, 0.1) is 0 Å². The van der Waals surface area contributed by atoms with Crippen LogP contribution in [-0.2, 0) is 11.3 Å². The number of thiazole rings is 1. The minimum absolute atomic E-state index is 0.0675. The molecule has 118 valence electrons. The minimum Gasteiger partial charge on any atom is -0.390 e. The quantitative estimate of drug-likeness (QED) is 0.900. The van der Waals surface area contributed by atoms with Gasteiger partial charge < -0.3 is 10.0 Å². The molecule has 0 aromatic carbocycles. The molecule has 1 aliphatic rings. The Kier molecular flexibility index (Phi) is 5.72. The van der Waals surface area contributed by atoms with Gasteiger partial charge in [0.1, 0.15) is 5.01 Å². The highest BCUT2D eigenvalue weighted by Gasteiger charge is 2.26. The lowest BCUT2D eigenvalue weighted by Crippen LogP contribution is -2.39. The molecule has 0 saturated carbocycles. The van der Waals surface area contributed by atoms with Crippen LogP contribution in [0.3, 0.4) is 0 Å². The van der Waals surface area contributed by atoms with Gasteiger partial charge in [0, 0.05) is 37.8 Å². The molecule has 1 amide bonds. The Hall–Kier alpha value is -0.980. The van der Waals surface area contributed by atoms with E-state index < -0.39 is 5.60 Å². The molecule has 1 saturated heterocycles. The normalized spacial score (nSPS) is 20.0. The van der Waals surface area contributed by atoms with Gasteiger partial charge >= 0.3 is 0 Å². The maximum Gasteiger partial charge on any atom is 0.225 e. The van der Waals surface area contributed by atoms with Crippen LogP contribution < -0.4 is 0 Å².